The number of carbonyl (C=O) groups excluding carboxylic acids is 2. The number of hydrogen-bond donors (Lipinski definition) is 2. The lowest BCUT2D eigenvalue weighted by atomic mass is 10.1. The fraction of sp³-hybridized carbons (Fsp3) is 0.227. The maximum atomic E-state index is 14.3. The first-order valence-electron chi connectivity index (χ1n) is 9.80. The quantitative estimate of drug-likeness (QED) is 0.698. The SMILES string of the molecule is CC1Oc2ccc(NC(=O)c3nn(-c4ccccc4F)c4c3CCC4)cc2NC1=O. The monoisotopic (exact) mass is 406 g/mol. The molecule has 0 saturated heterocycles. The van der Waals surface area contributed by atoms with Gasteiger partial charge in [-0.15, -0.1) is 0 Å². The molecule has 0 bridgehead atoms. The zero-order chi connectivity index (χ0) is 20.8. The number of carbonyl (C=O) groups is 2. The van der Waals surface area contributed by atoms with Gasteiger partial charge in [0.15, 0.2) is 11.8 Å². The van der Waals surface area contributed by atoms with Crippen LogP contribution in [0.4, 0.5) is 15.8 Å². The highest BCUT2D eigenvalue weighted by Crippen LogP contribution is 2.33. The van der Waals surface area contributed by atoms with E-state index in [1.807, 2.05) is 0 Å². The van der Waals surface area contributed by atoms with E-state index in [9.17, 15) is 14.0 Å². The summed E-state index contributed by atoms with van der Waals surface area (Å²) in [4.78, 5) is 24.8. The van der Waals surface area contributed by atoms with Gasteiger partial charge in [-0.05, 0) is 56.5 Å². The Morgan fingerprint density at radius 3 is 2.93 bits per heavy atom. The van der Waals surface area contributed by atoms with E-state index in [0.29, 0.717) is 22.8 Å². The van der Waals surface area contributed by atoms with Gasteiger partial charge in [-0.1, -0.05) is 12.1 Å². The summed E-state index contributed by atoms with van der Waals surface area (Å²) in [7, 11) is 0. The standard InChI is InChI=1S/C22H19FN4O3/c1-12-21(28)25-16-11-13(9-10-19(16)30-12)24-22(29)20-14-5-4-8-17(14)27(26-20)18-7-3-2-6-15(18)23/h2-3,6-7,9-12H,4-5,8H2,1H3,(H,24,29)(H,25,28). The first-order valence-corrected chi connectivity index (χ1v) is 9.80. The summed E-state index contributed by atoms with van der Waals surface area (Å²) in [5, 5.41) is 10.0. The van der Waals surface area contributed by atoms with Gasteiger partial charge in [0.1, 0.15) is 17.3 Å². The van der Waals surface area contributed by atoms with Crippen LogP contribution >= 0.6 is 0 Å². The summed E-state index contributed by atoms with van der Waals surface area (Å²) in [6.07, 6.45) is 1.79. The highest BCUT2D eigenvalue weighted by Gasteiger charge is 2.28. The van der Waals surface area contributed by atoms with Crippen LogP contribution in [0.3, 0.4) is 0 Å². The number of fused-ring (bicyclic) bond motifs is 2. The fourth-order valence-corrected chi connectivity index (χ4v) is 3.92. The van der Waals surface area contributed by atoms with Gasteiger partial charge in [-0.2, -0.15) is 5.10 Å². The second-order valence-corrected chi connectivity index (χ2v) is 7.41. The Balaban J connectivity index is 1.45. The van der Waals surface area contributed by atoms with Crippen LogP contribution < -0.4 is 15.4 Å². The molecule has 1 atom stereocenters. The van der Waals surface area contributed by atoms with Crippen molar-refractivity contribution in [1.82, 2.24) is 9.78 Å². The highest BCUT2D eigenvalue weighted by molar-refractivity contribution is 6.05. The van der Waals surface area contributed by atoms with Gasteiger partial charge in [0, 0.05) is 16.9 Å². The second kappa shape index (κ2) is 6.98. The zero-order valence-electron chi connectivity index (χ0n) is 16.2. The van der Waals surface area contributed by atoms with E-state index in [-0.39, 0.29) is 23.3 Å². The van der Waals surface area contributed by atoms with Gasteiger partial charge < -0.3 is 15.4 Å². The lowest BCUT2D eigenvalue weighted by molar-refractivity contribution is -0.122. The first kappa shape index (κ1) is 18.4. The zero-order valence-corrected chi connectivity index (χ0v) is 16.2. The van der Waals surface area contributed by atoms with Crippen molar-refractivity contribution < 1.29 is 18.7 Å². The van der Waals surface area contributed by atoms with Crippen molar-refractivity contribution in [2.45, 2.75) is 32.3 Å². The summed E-state index contributed by atoms with van der Waals surface area (Å²) in [5.41, 5.74) is 3.33. The third-order valence-corrected chi connectivity index (χ3v) is 5.39. The molecule has 8 heteroatoms. The molecule has 1 aromatic heterocycles. The maximum Gasteiger partial charge on any atom is 0.276 e. The van der Waals surface area contributed by atoms with Gasteiger partial charge in [-0.25, -0.2) is 9.07 Å². The van der Waals surface area contributed by atoms with Crippen molar-refractivity contribution in [3.8, 4) is 11.4 Å². The normalized spacial score (nSPS) is 17.0. The molecule has 2 amide bonds. The minimum absolute atomic E-state index is 0.243. The third-order valence-electron chi connectivity index (χ3n) is 5.39. The van der Waals surface area contributed by atoms with Crippen molar-refractivity contribution >= 4 is 23.2 Å². The predicted octanol–water partition coefficient (Wildman–Crippen LogP) is 3.47. The number of para-hydroxylation sites is 1. The van der Waals surface area contributed by atoms with Gasteiger partial charge in [-0.3, -0.25) is 9.59 Å². The van der Waals surface area contributed by atoms with E-state index in [0.717, 1.165) is 30.5 Å². The number of benzene rings is 2. The van der Waals surface area contributed by atoms with Crippen molar-refractivity contribution in [1.29, 1.82) is 0 Å². The molecular weight excluding hydrogens is 387 g/mol. The number of ether oxygens (including phenoxy) is 1. The number of halogens is 1. The van der Waals surface area contributed by atoms with E-state index in [1.54, 1.807) is 43.3 Å². The maximum absolute atomic E-state index is 14.3. The molecule has 0 radical (unpaired) electrons. The third kappa shape index (κ3) is 3.01. The topological polar surface area (TPSA) is 85.2 Å². The molecular formula is C22H19FN4O3. The molecule has 2 aliphatic rings. The molecule has 30 heavy (non-hydrogen) atoms. The highest BCUT2D eigenvalue weighted by atomic mass is 19.1. The van der Waals surface area contributed by atoms with Crippen LogP contribution in [0.25, 0.3) is 5.69 Å². The summed E-state index contributed by atoms with van der Waals surface area (Å²) in [6.45, 7) is 1.67. The minimum atomic E-state index is -0.567. The van der Waals surface area contributed by atoms with Crippen molar-refractivity contribution in [3.05, 3.63) is 65.2 Å². The molecule has 0 spiro atoms. The molecule has 1 unspecified atom stereocenters. The van der Waals surface area contributed by atoms with Crippen molar-refractivity contribution in [3.63, 3.8) is 0 Å². The fourth-order valence-electron chi connectivity index (χ4n) is 3.92. The average molecular weight is 406 g/mol. The number of aromatic nitrogens is 2. The number of hydrogen-bond acceptors (Lipinski definition) is 4. The van der Waals surface area contributed by atoms with E-state index < -0.39 is 6.10 Å². The summed E-state index contributed by atoms with van der Waals surface area (Å²) >= 11 is 0. The van der Waals surface area contributed by atoms with E-state index in [1.165, 1.54) is 10.7 Å². The smallest absolute Gasteiger partial charge is 0.276 e. The molecule has 2 N–H and O–H groups in total. The molecule has 5 rings (SSSR count). The molecule has 0 saturated carbocycles. The van der Waals surface area contributed by atoms with Gasteiger partial charge in [0.25, 0.3) is 11.8 Å². The second-order valence-electron chi connectivity index (χ2n) is 7.41. The Hall–Kier alpha value is -3.68. The van der Waals surface area contributed by atoms with Crippen LogP contribution in [0.1, 0.15) is 35.1 Å². The van der Waals surface area contributed by atoms with Crippen LogP contribution in [0.5, 0.6) is 5.75 Å². The van der Waals surface area contributed by atoms with E-state index >= 15 is 0 Å². The molecule has 1 aliphatic carbocycles. The number of nitrogens with one attached hydrogen (secondary N) is 2. The molecule has 152 valence electrons. The van der Waals surface area contributed by atoms with E-state index in [2.05, 4.69) is 15.7 Å². The first-order chi connectivity index (χ1) is 14.5. The van der Waals surface area contributed by atoms with Crippen LogP contribution in [0, 0.1) is 5.82 Å². The van der Waals surface area contributed by atoms with Gasteiger partial charge >= 0.3 is 0 Å². The molecule has 3 aromatic rings. The Bertz CT molecular complexity index is 1190. The lowest BCUT2D eigenvalue weighted by Crippen LogP contribution is -2.34. The van der Waals surface area contributed by atoms with Crippen LogP contribution in [0.2, 0.25) is 0 Å². The summed E-state index contributed by atoms with van der Waals surface area (Å²) < 4.78 is 21.4. The Kier molecular flexibility index (Phi) is 4.27. The Labute approximate surface area is 171 Å². The molecule has 2 aromatic carbocycles. The molecule has 2 heterocycles. The van der Waals surface area contributed by atoms with Gasteiger partial charge in [0.05, 0.1) is 5.69 Å². The molecule has 0 fully saturated rings. The summed E-state index contributed by atoms with van der Waals surface area (Å²) in [6, 6.07) is 11.4. The van der Waals surface area contributed by atoms with E-state index in [4.69, 9.17) is 4.74 Å². The lowest BCUT2D eigenvalue weighted by Gasteiger charge is -2.23. The van der Waals surface area contributed by atoms with Crippen molar-refractivity contribution in [2.24, 2.45) is 0 Å². The number of anilines is 2. The van der Waals surface area contributed by atoms with Crippen LogP contribution in [-0.4, -0.2) is 27.7 Å². The Morgan fingerprint density at radius 1 is 1.27 bits per heavy atom. The number of nitrogens with zero attached hydrogens (tertiary/aromatic N) is 2. The van der Waals surface area contributed by atoms with Crippen molar-refractivity contribution in [2.75, 3.05) is 10.6 Å². The molecule has 1 aliphatic heterocycles. The minimum Gasteiger partial charge on any atom is -0.479 e. The predicted molar refractivity (Wildman–Crippen MR) is 109 cm³/mol. The number of amides is 2. The number of rotatable bonds is 3. The average Bonchev–Trinajstić information content (AvgIpc) is 3.32. The van der Waals surface area contributed by atoms with Crippen LogP contribution in [-0.2, 0) is 17.6 Å². The van der Waals surface area contributed by atoms with Crippen LogP contribution in [0.15, 0.2) is 42.5 Å². The molecule has 7 nitrogen and oxygen atoms in total. The van der Waals surface area contributed by atoms with Gasteiger partial charge in [0.2, 0.25) is 0 Å². The summed E-state index contributed by atoms with van der Waals surface area (Å²) in [5.74, 6) is -0.460. The largest absolute Gasteiger partial charge is 0.479 e. The Morgan fingerprint density at radius 2 is 2.10 bits per heavy atom.